The maximum absolute atomic E-state index is 14.6. The summed E-state index contributed by atoms with van der Waals surface area (Å²) in [6.07, 6.45) is -6.06. The quantitative estimate of drug-likeness (QED) is 0.663. The molecule has 2 heterocycles. The van der Waals surface area contributed by atoms with Gasteiger partial charge in [-0.3, -0.25) is 9.36 Å². The van der Waals surface area contributed by atoms with E-state index in [1.54, 1.807) is 0 Å². The number of aromatic nitrogens is 2. The number of benzene rings is 1. The zero-order valence-corrected chi connectivity index (χ0v) is 14.5. The topological polar surface area (TPSA) is 77.4 Å². The Balaban J connectivity index is 2.45. The molecule has 0 saturated heterocycles. The van der Waals surface area contributed by atoms with E-state index >= 15 is 0 Å². The van der Waals surface area contributed by atoms with E-state index in [-0.39, 0.29) is 37.0 Å². The van der Waals surface area contributed by atoms with Crippen molar-refractivity contribution in [2.75, 3.05) is 0 Å². The first-order chi connectivity index (χ1) is 12.4. The minimum Gasteiger partial charge on any atom is -0.457 e. The fraction of sp³-hybridized carbons (Fsp3) is 0.250. The number of hydrogen-bond acceptors (Lipinski definition) is 4. The SMILES string of the molecule is CC(O)c1cc2c(-n3c(=O)cc(C(F)(F)F)n(C)c3=O)c(F)cc(Cl)c2o1. The largest absolute Gasteiger partial charge is 0.457 e. The van der Waals surface area contributed by atoms with Crippen LogP contribution in [0.3, 0.4) is 0 Å². The van der Waals surface area contributed by atoms with E-state index < -0.39 is 40.7 Å². The molecule has 0 spiro atoms. The summed E-state index contributed by atoms with van der Waals surface area (Å²) in [6, 6.07) is 2.11. The monoisotopic (exact) mass is 406 g/mol. The molecule has 0 aliphatic carbocycles. The average molecular weight is 407 g/mol. The van der Waals surface area contributed by atoms with Crippen LogP contribution in [0.1, 0.15) is 24.5 Å². The van der Waals surface area contributed by atoms with Crippen LogP contribution in [0, 0.1) is 5.82 Å². The van der Waals surface area contributed by atoms with Gasteiger partial charge in [-0.05, 0) is 19.1 Å². The predicted molar refractivity (Wildman–Crippen MR) is 87.7 cm³/mol. The van der Waals surface area contributed by atoms with Crippen LogP contribution >= 0.6 is 11.6 Å². The summed E-state index contributed by atoms with van der Waals surface area (Å²) in [6.45, 7) is 1.35. The van der Waals surface area contributed by atoms with Crippen LogP contribution in [0.5, 0.6) is 0 Å². The fourth-order valence-corrected chi connectivity index (χ4v) is 2.91. The van der Waals surface area contributed by atoms with Crippen LogP contribution in [0.15, 0.2) is 32.2 Å². The third kappa shape index (κ3) is 3.04. The van der Waals surface area contributed by atoms with Crippen molar-refractivity contribution < 1.29 is 27.1 Å². The minimum atomic E-state index is -4.95. The number of aliphatic hydroxyl groups is 1. The number of halogens is 5. The van der Waals surface area contributed by atoms with Gasteiger partial charge < -0.3 is 9.52 Å². The Labute approximate surface area is 152 Å². The van der Waals surface area contributed by atoms with E-state index in [1.807, 2.05) is 0 Å². The third-order valence-electron chi connectivity index (χ3n) is 3.95. The van der Waals surface area contributed by atoms with Crippen molar-refractivity contribution in [3.8, 4) is 5.69 Å². The molecule has 144 valence electrons. The molecule has 1 atom stereocenters. The lowest BCUT2D eigenvalue weighted by Gasteiger charge is -2.14. The molecule has 0 amide bonds. The number of alkyl halides is 3. The second kappa shape index (κ2) is 6.24. The molecule has 0 aliphatic heterocycles. The summed E-state index contributed by atoms with van der Waals surface area (Å²) in [5, 5.41) is 9.29. The molecule has 1 unspecified atom stereocenters. The summed E-state index contributed by atoms with van der Waals surface area (Å²) in [5.74, 6) is -1.15. The van der Waals surface area contributed by atoms with Crippen LogP contribution in [-0.2, 0) is 13.2 Å². The third-order valence-corrected chi connectivity index (χ3v) is 4.23. The molecule has 3 aromatic rings. The number of aliphatic hydroxyl groups excluding tert-OH is 1. The lowest BCUT2D eigenvalue weighted by atomic mass is 10.2. The summed E-state index contributed by atoms with van der Waals surface area (Å²) in [5.41, 5.74) is -5.01. The first-order valence-electron chi connectivity index (χ1n) is 7.43. The van der Waals surface area contributed by atoms with Crippen LogP contribution in [0.25, 0.3) is 16.7 Å². The number of rotatable bonds is 2. The highest BCUT2D eigenvalue weighted by Crippen LogP contribution is 2.35. The molecule has 0 radical (unpaired) electrons. The van der Waals surface area contributed by atoms with E-state index in [9.17, 15) is 32.3 Å². The molecule has 6 nitrogen and oxygen atoms in total. The number of fused-ring (bicyclic) bond motifs is 1. The van der Waals surface area contributed by atoms with E-state index in [1.165, 1.54) is 6.92 Å². The van der Waals surface area contributed by atoms with Gasteiger partial charge in [0.2, 0.25) is 0 Å². The fourth-order valence-electron chi connectivity index (χ4n) is 2.67. The lowest BCUT2D eigenvalue weighted by Crippen LogP contribution is -2.41. The van der Waals surface area contributed by atoms with Crippen LogP contribution in [0.4, 0.5) is 17.6 Å². The zero-order valence-electron chi connectivity index (χ0n) is 13.8. The molecule has 3 rings (SSSR count). The molecular weight excluding hydrogens is 396 g/mol. The summed E-state index contributed by atoms with van der Waals surface area (Å²) in [7, 11) is 0.808. The Kier molecular flexibility index (Phi) is 4.43. The highest BCUT2D eigenvalue weighted by Gasteiger charge is 2.35. The maximum atomic E-state index is 14.6. The second-order valence-electron chi connectivity index (χ2n) is 5.80. The van der Waals surface area contributed by atoms with Crippen molar-refractivity contribution in [3.05, 3.63) is 61.3 Å². The zero-order chi connectivity index (χ0) is 20.3. The molecule has 0 bridgehead atoms. The molecule has 1 aromatic carbocycles. The normalized spacial score (nSPS) is 13.3. The van der Waals surface area contributed by atoms with Crippen molar-refractivity contribution >= 4 is 22.6 Å². The van der Waals surface area contributed by atoms with E-state index in [2.05, 4.69) is 0 Å². The first kappa shape index (κ1) is 19.2. The van der Waals surface area contributed by atoms with Crippen molar-refractivity contribution in [1.29, 1.82) is 0 Å². The summed E-state index contributed by atoms with van der Waals surface area (Å²) >= 11 is 5.90. The minimum absolute atomic E-state index is 0.0319. The number of hydrogen-bond donors (Lipinski definition) is 1. The van der Waals surface area contributed by atoms with Gasteiger partial charge in [0.05, 0.1) is 5.02 Å². The molecule has 0 fully saturated rings. The molecule has 0 saturated carbocycles. The number of nitrogens with zero attached hydrogens (tertiary/aromatic N) is 2. The van der Waals surface area contributed by atoms with Crippen molar-refractivity contribution in [3.63, 3.8) is 0 Å². The van der Waals surface area contributed by atoms with Gasteiger partial charge in [0.25, 0.3) is 5.56 Å². The van der Waals surface area contributed by atoms with Crippen LogP contribution in [0.2, 0.25) is 5.02 Å². The van der Waals surface area contributed by atoms with Crippen molar-refractivity contribution in [2.45, 2.75) is 19.2 Å². The van der Waals surface area contributed by atoms with Gasteiger partial charge in [-0.15, -0.1) is 0 Å². The molecular formula is C16H11ClF4N2O4. The highest BCUT2D eigenvalue weighted by molar-refractivity contribution is 6.35. The smallest absolute Gasteiger partial charge is 0.431 e. The Bertz CT molecular complexity index is 1170. The molecule has 0 aliphatic rings. The molecule has 1 N–H and O–H groups in total. The molecule has 27 heavy (non-hydrogen) atoms. The van der Waals surface area contributed by atoms with Crippen molar-refractivity contribution in [2.24, 2.45) is 7.05 Å². The van der Waals surface area contributed by atoms with Gasteiger partial charge in [-0.2, -0.15) is 13.2 Å². The predicted octanol–water partition coefficient (Wildman–Crippen LogP) is 3.15. The molecule has 11 heteroatoms. The van der Waals surface area contributed by atoms with E-state index in [4.69, 9.17) is 16.0 Å². The lowest BCUT2D eigenvalue weighted by molar-refractivity contribution is -0.144. The van der Waals surface area contributed by atoms with Gasteiger partial charge in [0, 0.05) is 18.5 Å². The number of furan rings is 1. The summed E-state index contributed by atoms with van der Waals surface area (Å²) in [4.78, 5) is 24.7. The highest BCUT2D eigenvalue weighted by atomic mass is 35.5. The first-order valence-corrected chi connectivity index (χ1v) is 7.81. The average Bonchev–Trinajstić information content (AvgIpc) is 2.98. The van der Waals surface area contributed by atoms with E-state index in [0.29, 0.717) is 0 Å². The van der Waals surface area contributed by atoms with E-state index in [0.717, 1.165) is 19.2 Å². The Hall–Kier alpha value is -2.59. The Morgan fingerprint density at radius 1 is 1.22 bits per heavy atom. The van der Waals surface area contributed by atoms with Gasteiger partial charge in [0.1, 0.15) is 29.1 Å². The second-order valence-corrected chi connectivity index (χ2v) is 6.21. The standard InChI is InChI=1S/C16H11ClF4N2O4/c1-6(24)10-3-7-13(9(18)4-8(17)14(7)27-10)23-12(25)5-11(16(19,20)21)22(2)15(23)26/h3-6,24H,1-2H3. The Morgan fingerprint density at radius 2 is 1.85 bits per heavy atom. The van der Waals surface area contributed by atoms with Gasteiger partial charge in [-0.1, -0.05) is 11.6 Å². The Morgan fingerprint density at radius 3 is 2.41 bits per heavy atom. The van der Waals surface area contributed by atoms with Gasteiger partial charge >= 0.3 is 11.9 Å². The van der Waals surface area contributed by atoms with Gasteiger partial charge in [0.15, 0.2) is 5.58 Å². The van der Waals surface area contributed by atoms with Crippen molar-refractivity contribution in [1.82, 2.24) is 9.13 Å². The maximum Gasteiger partial charge on any atom is 0.431 e. The summed E-state index contributed by atoms with van der Waals surface area (Å²) < 4.78 is 59.3. The van der Waals surface area contributed by atoms with Crippen LogP contribution in [-0.4, -0.2) is 14.2 Å². The van der Waals surface area contributed by atoms with Gasteiger partial charge in [-0.25, -0.2) is 13.8 Å². The van der Waals surface area contributed by atoms with Crippen LogP contribution < -0.4 is 11.2 Å². The molecule has 2 aromatic heterocycles.